The fourth-order valence-electron chi connectivity index (χ4n) is 5.55. The summed E-state index contributed by atoms with van der Waals surface area (Å²) >= 11 is 12.5. The van der Waals surface area contributed by atoms with Crippen LogP contribution in [0.3, 0.4) is 0 Å². The number of benzene rings is 3. The van der Waals surface area contributed by atoms with Crippen LogP contribution in [0, 0.1) is 12.3 Å². The number of anilines is 2. The van der Waals surface area contributed by atoms with Gasteiger partial charge < -0.3 is 24.1 Å². The van der Waals surface area contributed by atoms with Gasteiger partial charge in [0.25, 0.3) is 11.5 Å². The molecule has 4 aromatic rings. The number of aromatic nitrogens is 1. The summed E-state index contributed by atoms with van der Waals surface area (Å²) in [6.45, 7) is 5.78. The first kappa shape index (κ1) is 32.2. The maximum Gasteiger partial charge on any atom is 0.265 e. The molecule has 0 spiro atoms. The molecule has 224 valence electrons. The molecule has 3 heterocycles. The van der Waals surface area contributed by atoms with E-state index in [-0.39, 0.29) is 23.1 Å². The van der Waals surface area contributed by atoms with Crippen LogP contribution in [0.4, 0.5) is 11.5 Å². The quantitative estimate of drug-likeness (QED) is 0.268. The maximum absolute atomic E-state index is 14.3. The number of hydrogen-bond acceptors (Lipinski definition) is 6. The summed E-state index contributed by atoms with van der Waals surface area (Å²) < 4.78 is 7.13. The molecule has 8 nitrogen and oxygen atoms in total. The van der Waals surface area contributed by atoms with Crippen LogP contribution in [-0.2, 0) is 14.3 Å². The molecule has 2 atom stereocenters. The third kappa shape index (κ3) is 6.31. The summed E-state index contributed by atoms with van der Waals surface area (Å²) in [7, 11) is 0. The predicted molar refractivity (Wildman–Crippen MR) is 172 cm³/mol. The van der Waals surface area contributed by atoms with Crippen LogP contribution in [0.15, 0.2) is 89.7 Å². The molecular weight excluding hydrogens is 601 g/mol. The zero-order valence-corrected chi connectivity index (χ0v) is 25.2. The number of halogens is 2. The predicted octanol–water partition coefficient (Wildman–Crippen LogP) is 5.72. The van der Waals surface area contributed by atoms with Gasteiger partial charge in [0, 0.05) is 34.4 Å². The van der Waals surface area contributed by atoms with Crippen LogP contribution in [0.1, 0.15) is 39.1 Å². The van der Waals surface area contributed by atoms with E-state index < -0.39 is 6.04 Å². The first-order valence-electron chi connectivity index (χ1n) is 13.5. The van der Waals surface area contributed by atoms with Gasteiger partial charge in [0.05, 0.1) is 25.3 Å². The largest absolute Gasteiger partial charge is 0.378 e. The molecule has 44 heavy (non-hydrogen) atoms. The van der Waals surface area contributed by atoms with Gasteiger partial charge in [-0.1, -0.05) is 59.5 Å². The number of hydrogen-bond donors (Lipinski definition) is 0. The summed E-state index contributed by atoms with van der Waals surface area (Å²) in [5.41, 5.74) is 3.13. The van der Waals surface area contributed by atoms with Gasteiger partial charge in [-0.05, 0) is 65.7 Å². The minimum Gasteiger partial charge on any atom is -0.378 e. The van der Waals surface area contributed by atoms with Crippen molar-refractivity contribution in [3.05, 3.63) is 128 Å². The molecule has 1 amide bonds. The van der Waals surface area contributed by atoms with E-state index >= 15 is 0 Å². The van der Waals surface area contributed by atoms with Crippen molar-refractivity contribution < 1.29 is 19.1 Å². The van der Waals surface area contributed by atoms with Gasteiger partial charge in [-0.25, -0.2) is 0 Å². The van der Waals surface area contributed by atoms with Gasteiger partial charge in [0.1, 0.15) is 25.0 Å². The standard InChI is InChI=1S/C32H25Cl2N3O3.2CH2O/c1-2-21-4-3-5-26(20-21)36-28-15-14-27(31(38)35-16-18-40-19-17-35)32(39)37(28)30(23-8-12-25(34)13-9-23)29(36)22-6-10-24(33)11-7-22;2*1-2/h1,3-15,20,29-30H,16-19H2;2*1H2/t29-,30+;;/m1../s1. The molecule has 0 radical (unpaired) electrons. The van der Waals surface area contributed by atoms with Crippen molar-refractivity contribution in [2.75, 3.05) is 31.2 Å². The number of fused-ring (bicyclic) bond motifs is 1. The Balaban J connectivity index is 0.00000106. The Morgan fingerprint density at radius 1 is 0.818 bits per heavy atom. The van der Waals surface area contributed by atoms with Crippen LogP contribution >= 0.6 is 23.2 Å². The molecule has 2 aliphatic heterocycles. The molecule has 0 aliphatic carbocycles. The number of amides is 1. The van der Waals surface area contributed by atoms with Crippen molar-refractivity contribution in [3.8, 4) is 12.3 Å². The van der Waals surface area contributed by atoms with E-state index in [1.165, 1.54) is 0 Å². The van der Waals surface area contributed by atoms with E-state index in [4.69, 9.17) is 44.0 Å². The molecule has 3 aromatic carbocycles. The molecule has 1 aromatic heterocycles. The highest BCUT2D eigenvalue weighted by Crippen LogP contribution is 2.50. The molecule has 1 saturated heterocycles. The van der Waals surface area contributed by atoms with E-state index in [2.05, 4.69) is 10.8 Å². The minimum atomic E-state index is -0.479. The topological polar surface area (TPSA) is 88.9 Å². The molecule has 10 heteroatoms. The first-order valence-corrected chi connectivity index (χ1v) is 14.3. The summed E-state index contributed by atoms with van der Waals surface area (Å²) in [5.74, 6) is 3.06. The third-order valence-corrected chi connectivity index (χ3v) is 7.94. The van der Waals surface area contributed by atoms with Crippen molar-refractivity contribution in [2.24, 2.45) is 0 Å². The first-order chi connectivity index (χ1) is 21.5. The Labute approximate surface area is 265 Å². The van der Waals surface area contributed by atoms with Gasteiger partial charge in [0.2, 0.25) is 0 Å². The normalized spacial score (nSPS) is 16.8. The van der Waals surface area contributed by atoms with Crippen molar-refractivity contribution in [1.82, 2.24) is 9.47 Å². The number of carbonyl (C=O) groups is 3. The van der Waals surface area contributed by atoms with Gasteiger partial charge in [-0.15, -0.1) is 6.42 Å². The SMILES string of the molecule is C#Cc1cccc(N2c3ccc(C(=O)N4CCOCC4)c(=O)n3[C@@H](c3ccc(Cl)cc3)[C@H]2c2ccc(Cl)cc2)c1.C=O.C=O. The summed E-state index contributed by atoms with van der Waals surface area (Å²) in [6.07, 6.45) is 5.75. The fourth-order valence-corrected chi connectivity index (χ4v) is 5.81. The minimum absolute atomic E-state index is 0.124. The Morgan fingerprint density at radius 2 is 1.39 bits per heavy atom. The van der Waals surface area contributed by atoms with Gasteiger partial charge in [-0.2, -0.15) is 0 Å². The molecule has 0 unspecified atom stereocenters. The highest BCUT2D eigenvalue weighted by molar-refractivity contribution is 6.30. The lowest BCUT2D eigenvalue weighted by Crippen LogP contribution is -2.43. The van der Waals surface area contributed by atoms with Crippen molar-refractivity contribution in [1.29, 1.82) is 0 Å². The van der Waals surface area contributed by atoms with Crippen molar-refractivity contribution >= 4 is 54.2 Å². The summed E-state index contributed by atoms with van der Waals surface area (Å²) in [5, 5.41) is 1.20. The number of carbonyl (C=O) groups excluding carboxylic acids is 3. The van der Waals surface area contributed by atoms with E-state index in [1.54, 1.807) is 15.5 Å². The Bertz CT molecular complexity index is 1710. The smallest absolute Gasteiger partial charge is 0.265 e. The number of terminal acetylenes is 1. The van der Waals surface area contributed by atoms with Crippen LogP contribution in [0.5, 0.6) is 0 Å². The van der Waals surface area contributed by atoms with Crippen LogP contribution in [-0.4, -0.2) is 55.3 Å². The zero-order valence-electron chi connectivity index (χ0n) is 23.7. The maximum atomic E-state index is 14.3. The zero-order chi connectivity index (χ0) is 31.8. The van der Waals surface area contributed by atoms with E-state index in [0.717, 1.165) is 22.4 Å². The van der Waals surface area contributed by atoms with E-state index in [1.807, 2.05) is 92.4 Å². The molecule has 0 saturated carbocycles. The monoisotopic (exact) mass is 629 g/mol. The van der Waals surface area contributed by atoms with Crippen LogP contribution < -0.4 is 10.5 Å². The average molecular weight is 631 g/mol. The summed E-state index contributed by atoms with van der Waals surface area (Å²) in [6, 6.07) is 25.4. The van der Waals surface area contributed by atoms with Gasteiger partial charge >= 0.3 is 0 Å². The Hall–Kier alpha value is -4.68. The van der Waals surface area contributed by atoms with Crippen LogP contribution in [0.2, 0.25) is 10.0 Å². The summed E-state index contributed by atoms with van der Waals surface area (Å²) in [4.78, 5) is 47.6. The van der Waals surface area contributed by atoms with Gasteiger partial charge in [0.15, 0.2) is 0 Å². The lowest BCUT2D eigenvalue weighted by Gasteiger charge is -2.30. The number of nitrogens with zero attached hydrogens (tertiary/aromatic N) is 3. The lowest BCUT2D eigenvalue weighted by molar-refractivity contribution is -0.0987. The molecule has 1 fully saturated rings. The highest BCUT2D eigenvalue weighted by atomic mass is 35.5. The number of rotatable bonds is 4. The fraction of sp³-hybridized carbons (Fsp3) is 0.176. The molecular formula is C34H29Cl2N3O5. The molecule has 0 N–H and O–H groups in total. The Kier molecular flexibility index (Phi) is 10.7. The third-order valence-electron chi connectivity index (χ3n) is 7.44. The van der Waals surface area contributed by atoms with Crippen molar-refractivity contribution in [2.45, 2.75) is 12.1 Å². The van der Waals surface area contributed by atoms with Gasteiger partial charge in [-0.3, -0.25) is 14.2 Å². The van der Waals surface area contributed by atoms with Crippen molar-refractivity contribution in [3.63, 3.8) is 0 Å². The second kappa shape index (κ2) is 14.7. The lowest BCUT2D eigenvalue weighted by atomic mass is 9.93. The Morgan fingerprint density at radius 3 is 1.95 bits per heavy atom. The highest BCUT2D eigenvalue weighted by Gasteiger charge is 2.43. The number of ether oxygens (including phenoxy) is 1. The van der Waals surface area contributed by atoms with E-state index in [9.17, 15) is 9.59 Å². The average Bonchev–Trinajstić information content (AvgIpc) is 3.43. The molecule has 6 rings (SSSR count). The molecule has 0 bridgehead atoms. The number of morpholine rings is 1. The van der Waals surface area contributed by atoms with Crippen LogP contribution in [0.25, 0.3) is 0 Å². The van der Waals surface area contributed by atoms with E-state index in [0.29, 0.717) is 42.2 Å². The second-order valence-electron chi connectivity index (χ2n) is 9.74. The molecule has 2 aliphatic rings. The number of pyridine rings is 1. The second-order valence-corrected chi connectivity index (χ2v) is 10.6.